The summed E-state index contributed by atoms with van der Waals surface area (Å²) in [7, 11) is 1.76. The molecule has 1 aliphatic rings. The second-order valence-electron chi connectivity index (χ2n) is 5.95. The molecule has 1 fully saturated rings. The first kappa shape index (κ1) is 15.7. The fourth-order valence-electron chi connectivity index (χ4n) is 2.18. The summed E-state index contributed by atoms with van der Waals surface area (Å²) in [6.07, 6.45) is 2.59. The van der Waals surface area contributed by atoms with E-state index in [0.717, 1.165) is 26.2 Å². The van der Waals surface area contributed by atoms with E-state index in [-0.39, 0.29) is 0 Å². The van der Waals surface area contributed by atoms with Gasteiger partial charge in [0.05, 0.1) is 12.3 Å². The van der Waals surface area contributed by atoms with Gasteiger partial charge in [0.15, 0.2) is 5.13 Å². The van der Waals surface area contributed by atoms with Gasteiger partial charge < -0.3 is 15.0 Å². The molecular weight excluding hydrogens is 270 g/mol. The number of hydrogen-bond donors (Lipinski definition) is 1. The number of hydrogen-bond acceptors (Lipinski definition) is 5. The maximum absolute atomic E-state index is 5.22. The molecule has 0 amide bonds. The Morgan fingerprint density at radius 2 is 2.20 bits per heavy atom. The normalized spacial score (nSPS) is 15.1. The summed E-state index contributed by atoms with van der Waals surface area (Å²) in [5.74, 6) is 0.687. The minimum Gasteiger partial charge on any atom is -0.383 e. The van der Waals surface area contributed by atoms with E-state index < -0.39 is 0 Å². The highest BCUT2D eigenvalue weighted by molar-refractivity contribution is 7.15. The highest BCUT2D eigenvalue weighted by atomic mass is 32.1. The fourth-order valence-corrected chi connectivity index (χ4v) is 3.31. The van der Waals surface area contributed by atoms with Crippen molar-refractivity contribution in [2.45, 2.75) is 46.2 Å². The third-order valence-corrected chi connectivity index (χ3v) is 4.68. The number of methoxy groups -OCH3 is 1. The van der Waals surface area contributed by atoms with Gasteiger partial charge in [-0.15, -0.1) is 11.3 Å². The van der Waals surface area contributed by atoms with E-state index in [0.29, 0.717) is 12.0 Å². The Bertz CT molecular complexity index is 415. The molecule has 20 heavy (non-hydrogen) atoms. The lowest BCUT2D eigenvalue weighted by atomic mass is 10.2. The molecule has 1 aromatic rings. The molecule has 2 rings (SSSR count). The van der Waals surface area contributed by atoms with E-state index in [4.69, 9.17) is 9.72 Å². The van der Waals surface area contributed by atoms with Crippen molar-refractivity contribution in [3.05, 3.63) is 10.6 Å². The van der Waals surface area contributed by atoms with Gasteiger partial charge in [0.1, 0.15) is 0 Å². The van der Waals surface area contributed by atoms with Crippen molar-refractivity contribution in [3.63, 3.8) is 0 Å². The first-order valence-corrected chi connectivity index (χ1v) is 8.36. The van der Waals surface area contributed by atoms with Crippen molar-refractivity contribution in [2.75, 3.05) is 31.7 Å². The Labute approximate surface area is 126 Å². The standard InChI is InChI=1S/C15H27N3OS/c1-11(2)9-16-10-14-12(3)17-15(20-14)18(7-8-19-4)13-5-6-13/h11,13,16H,5-10H2,1-4H3. The van der Waals surface area contributed by atoms with Crippen LogP contribution in [0.3, 0.4) is 0 Å². The molecule has 1 N–H and O–H groups in total. The Morgan fingerprint density at radius 1 is 1.45 bits per heavy atom. The van der Waals surface area contributed by atoms with E-state index in [1.807, 2.05) is 11.3 Å². The first-order valence-electron chi connectivity index (χ1n) is 7.54. The summed E-state index contributed by atoms with van der Waals surface area (Å²) < 4.78 is 5.22. The Kier molecular flexibility index (Phi) is 5.81. The van der Waals surface area contributed by atoms with Crippen LogP contribution in [-0.4, -0.2) is 37.8 Å². The van der Waals surface area contributed by atoms with Crippen LogP contribution in [0, 0.1) is 12.8 Å². The van der Waals surface area contributed by atoms with Crippen molar-refractivity contribution >= 4 is 16.5 Å². The van der Waals surface area contributed by atoms with Gasteiger partial charge in [0.2, 0.25) is 0 Å². The van der Waals surface area contributed by atoms with Gasteiger partial charge >= 0.3 is 0 Å². The molecule has 4 nitrogen and oxygen atoms in total. The van der Waals surface area contributed by atoms with Crippen LogP contribution in [0.15, 0.2) is 0 Å². The number of thiazole rings is 1. The molecule has 0 aliphatic heterocycles. The number of ether oxygens (including phenoxy) is 1. The van der Waals surface area contributed by atoms with Crippen molar-refractivity contribution in [2.24, 2.45) is 5.92 Å². The molecule has 0 radical (unpaired) electrons. The van der Waals surface area contributed by atoms with Gasteiger partial charge in [-0.1, -0.05) is 13.8 Å². The van der Waals surface area contributed by atoms with E-state index in [9.17, 15) is 0 Å². The minimum absolute atomic E-state index is 0.687. The largest absolute Gasteiger partial charge is 0.383 e. The van der Waals surface area contributed by atoms with Crippen LogP contribution in [0.2, 0.25) is 0 Å². The zero-order valence-corrected chi connectivity index (χ0v) is 13.9. The van der Waals surface area contributed by atoms with Crippen LogP contribution >= 0.6 is 11.3 Å². The van der Waals surface area contributed by atoms with Gasteiger partial charge in [-0.05, 0) is 32.2 Å². The summed E-state index contributed by atoms with van der Waals surface area (Å²) in [5.41, 5.74) is 1.17. The lowest BCUT2D eigenvalue weighted by molar-refractivity contribution is 0.205. The van der Waals surface area contributed by atoms with E-state index >= 15 is 0 Å². The molecule has 0 atom stereocenters. The molecular formula is C15H27N3OS. The third kappa shape index (κ3) is 4.43. The Balaban J connectivity index is 1.96. The smallest absolute Gasteiger partial charge is 0.186 e. The average Bonchev–Trinajstić information content (AvgIpc) is 3.15. The summed E-state index contributed by atoms with van der Waals surface area (Å²) in [6, 6.07) is 0.687. The van der Waals surface area contributed by atoms with E-state index in [1.54, 1.807) is 7.11 Å². The van der Waals surface area contributed by atoms with E-state index in [2.05, 4.69) is 31.0 Å². The monoisotopic (exact) mass is 297 g/mol. The van der Waals surface area contributed by atoms with Crippen LogP contribution in [0.25, 0.3) is 0 Å². The second-order valence-corrected chi connectivity index (χ2v) is 7.01. The topological polar surface area (TPSA) is 37.4 Å². The molecule has 0 aromatic carbocycles. The van der Waals surface area contributed by atoms with Crippen LogP contribution in [0.1, 0.15) is 37.3 Å². The van der Waals surface area contributed by atoms with E-state index in [1.165, 1.54) is 28.5 Å². The summed E-state index contributed by atoms with van der Waals surface area (Å²) in [5, 5.41) is 4.68. The predicted molar refractivity (Wildman–Crippen MR) is 85.6 cm³/mol. The number of nitrogens with one attached hydrogen (secondary N) is 1. The number of rotatable bonds is 9. The second kappa shape index (κ2) is 7.38. The maximum atomic E-state index is 5.22. The summed E-state index contributed by atoms with van der Waals surface area (Å²) in [6.45, 7) is 10.3. The molecule has 0 saturated heterocycles. The maximum Gasteiger partial charge on any atom is 0.186 e. The van der Waals surface area contributed by atoms with Gasteiger partial charge in [0.25, 0.3) is 0 Å². The molecule has 1 aliphatic carbocycles. The number of anilines is 1. The van der Waals surface area contributed by atoms with Crippen LogP contribution in [-0.2, 0) is 11.3 Å². The highest BCUT2D eigenvalue weighted by Gasteiger charge is 2.31. The molecule has 5 heteroatoms. The summed E-state index contributed by atoms with van der Waals surface area (Å²) in [4.78, 5) is 8.56. The van der Waals surface area contributed by atoms with Crippen LogP contribution in [0.5, 0.6) is 0 Å². The predicted octanol–water partition coefficient (Wildman–Crippen LogP) is 2.81. The number of aromatic nitrogens is 1. The van der Waals surface area contributed by atoms with Gasteiger partial charge in [-0.3, -0.25) is 0 Å². The van der Waals surface area contributed by atoms with Crippen molar-refractivity contribution in [1.82, 2.24) is 10.3 Å². The average molecular weight is 297 g/mol. The molecule has 114 valence electrons. The zero-order valence-electron chi connectivity index (χ0n) is 13.1. The molecule has 0 bridgehead atoms. The summed E-state index contributed by atoms with van der Waals surface area (Å²) >= 11 is 1.83. The quantitative estimate of drug-likeness (QED) is 0.760. The van der Waals surface area contributed by atoms with Crippen molar-refractivity contribution in [3.8, 4) is 0 Å². The van der Waals surface area contributed by atoms with Crippen LogP contribution in [0.4, 0.5) is 5.13 Å². The molecule has 1 saturated carbocycles. The molecule has 0 spiro atoms. The van der Waals surface area contributed by atoms with Gasteiger partial charge in [0, 0.05) is 31.1 Å². The Morgan fingerprint density at radius 3 is 2.80 bits per heavy atom. The van der Waals surface area contributed by atoms with Crippen molar-refractivity contribution < 1.29 is 4.74 Å². The third-order valence-electron chi connectivity index (χ3n) is 3.49. The zero-order chi connectivity index (χ0) is 14.5. The molecule has 1 heterocycles. The highest BCUT2D eigenvalue weighted by Crippen LogP contribution is 2.35. The molecule has 0 unspecified atom stereocenters. The Hall–Kier alpha value is -0.650. The lowest BCUT2D eigenvalue weighted by Gasteiger charge is -2.20. The van der Waals surface area contributed by atoms with Gasteiger partial charge in [-0.25, -0.2) is 4.98 Å². The van der Waals surface area contributed by atoms with Crippen LogP contribution < -0.4 is 10.2 Å². The number of aryl methyl sites for hydroxylation is 1. The number of nitrogens with zero attached hydrogens (tertiary/aromatic N) is 2. The van der Waals surface area contributed by atoms with Gasteiger partial charge in [-0.2, -0.15) is 0 Å². The SMILES string of the molecule is COCCN(c1nc(C)c(CNCC(C)C)s1)C1CC1. The first-order chi connectivity index (χ1) is 9.61. The minimum atomic E-state index is 0.687. The van der Waals surface area contributed by atoms with Crippen molar-refractivity contribution in [1.29, 1.82) is 0 Å². The lowest BCUT2D eigenvalue weighted by Crippen LogP contribution is -2.29. The fraction of sp³-hybridized carbons (Fsp3) is 0.800. The molecule has 1 aromatic heterocycles.